The predicted octanol–water partition coefficient (Wildman–Crippen LogP) is 7.28. The molecule has 1 aliphatic carbocycles. The number of likely N-dealkylation sites (tertiary alicyclic amines) is 1. The summed E-state index contributed by atoms with van der Waals surface area (Å²) in [6, 6.07) is 23.4. The maximum Gasteiger partial charge on any atom is 0.407 e. The molecule has 1 spiro atoms. The van der Waals surface area contributed by atoms with E-state index in [0.717, 1.165) is 30.8 Å². The number of benzene rings is 4. The Hall–Kier alpha value is -5.96. The molecule has 12 nitrogen and oxygen atoms in total. The first kappa shape index (κ1) is 35.5. The maximum absolute atomic E-state index is 16.3. The molecule has 4 aliphatic rings. The molecule has 4 aromatic carbocycles. The van der Waals surface area contributed by atoms with Crippen LogP contribution in [0.15, 0.2) is 91.1 Å². The number of rotatable bonds is 7. The Morgan fingerprint density at radius 2 is 1.63 bits per heavy atom. The van der Waals surface area contributed by atoms with Crippen LogP contribution in [0.4, 0.5) is 13.6 Å². The molecule has 57 heavy (non-hydrogen) atoms. The van der Waals surface area contributed by atoms with Crippen molar-refractivity contribution in [1.82, 2.24) is 35.5 Å². The van der Waals surface area contributed by atoms with E-state index in [1.54, 1.807) is 59.6 Å². The number of amides is 2. The van der Waals surface area contributed by atoms with Gasteiger partial charge in [-0.25, -0.2) is 14.8 Å². The van der Waals surface area contributed by atoms with Crippen molar-refractivity contribution in [3.63, 3.8) is 0 Å². The van der Waals surface area contributed by atoms with Gasteiger partial charge in [0.1, 0.15) is 17.7 Å². The Morgan fingerprint density at radius 1 is 0.912 bits per heavy atom. The average molecular weight is 772 g/mol. The number of fused-ring (bicyclic) bond motifs is 4. The number of alkyl halides is 2. The van der Waals surface area contributed by atoms with Gasteiger partial charge in [0.15, 0.2) is 5.79 Å². The van der Waals surface area contributed by atoms with Gasteiger partial charge >= 0.3 is 6.09 Å². The smallest absolute Gasteiger partial charge is 0.407 e. The second-order valence-corrected chi connectivity index (χ2v) is 15.1. The lowest BCUT2D eigenvalue weighted by atomic mass is 9.98. The minimum atomic E-state index is -3.21. The number of halogens is 2. The molecule has 0 bridgehead atoms. The fourth-order valence-electron chi connectivity index (χ4n) is 8.81. The summed E-state index contributed by atoms with van der Waals surface area (Å²) >= 11 is 0. The lowest BCUT2D eigenvalue weighted by molar-refractivity contribution is -0.153. The molecule has 3 atom stereocenters. The molecule has 3 fully saturated rings. The number of imidazole rings is 2. The maximum atomic E-state index is 16.3. The predicted molar refractivity (Wildman–Crippen MR) is 206 cm³/mol. The highest BCUT2D eigenvalue weighted by Crippen LogP contribution is 2.53. The zero-order valence-electron chi connectivity index (χ0n) is 31.0. The molecule has 3 saturated heterocycles. The average Bonchev–Trinajstić information content (AvgIpc) is 4.10. The molecule has 2 amide bonds. The van der Waals surface area contributed by atoms with Crippen LogP contribution in [-0.2, 0) is 24.9 Å². The third kappa shape index (κ3) is 6.06. The Kier molecular flexibility index (Phi) is 8.46. The van der Waals surface area contributed by atoms with Crippen LogP contribution in [0.5, 0.6) is 0 Å². The van der Waals surface area contributed by atoms with Crippen molar-refractivity contribution in [3.8, 4) is 33.5 Å². The Morgan fingerprint density at radius 3 is 2.37 bits per heavy atom. The molecule has 2 aromatic heterocycles. The number of carbonyl (C=O) groups excluding carboxylic acids is 2. The van der Waals surface area contributed by atoms with E-state index in [-0.39, 0.29) is 29.6 Å². The van der Waals surface area contributed by atoms with E-state index < -0.39 is 29.9 Å². The third-order valence-electron chi connectivity index (χ3n) is 11.7. The van der Waals surface area contributed by atoms with Crippen LogP contribution in [0, 0.1) is 0 Å². The molecule has 4 N–H and O–H groups in total. The standard InChI is InChI=1S/C43H39F2N7O5/c1-55-41(54)51-37(24-6-3-2-4-7-24)40(53)52-23-42(56-16-17-57-42)21-36(52)39-48-32-14-11-26(20-34(32)49-39)25-9-12-28-29-13-10-27(19-31(29)43(44,45)30(28)18-25)35-22-47-38(50-35)33-8-5-15-46-33/h2-4,6-7,9-14,18-20,22,33,36-37,46H,5,8,15-17,21,23H2,1H3,(H,47,50)(H,48,49)(H,51,54)/t33-,36-,37+/m0/s1. The highest BCUT2D eigenvalue weighted by molar-refractivity contribution is 5.89. The van der Waals surface area contributed by atoms with E-state index >= 15 is 8.78 Å². The molecule has 290 valence electrons. The third-order valence-corrected chi connectivity index (χ3v) is 11.7. The van der Waals surface area contributed by atoms with Gasteiger partial charge in [0, 0.05) is 23.1 Å². The quantitative estimate of drug-likeness (QED) is 0.133. The van der Waals surface area contributed by atoms with Crippen molar-refractivity contribution in [2.75, 3.05) is 33.4 Å². The summed E-state index contributed by atoms with van der Waals surface area (Å²) in [6.45, 7) is 1.83. The number of aromatic amines is 2. The summed E-state index contributed by atoms with van der Waals surface area (Å²) in [6.07, 6.45) is 3.34. The number of nitrogens with zero attached hydrogens (tertiary/aromatic N) is 3. The number of hydrogen-bond donors (Lipinski definition) is 4. The lowest BCUT2D eigenvalue weighted by Crippen LogP contribution is -2.44. The minimum Gasteiger partial charge on any atom is -0.453 e. The molecule has 0 saturated carbocycles. The summed E-state index contributed by atoms with van der Waals surface area (Å²) < 4.78 is 49.7. The van der Waals surface area contributed by atoms with Gasteiger partial charge in [-0.2, -0.15) is 8.78 Å². The Balaban J connectivity index is 0.947. The van der Waals surface area contributed by atoms with E-state index in [1.165, 1.54) is 7.11 Å². The van der Waals surface area contributed by atoms with Crippen LogP contribution in [-0.4, -0.2) is 76.0 Å². The number of nitrogens with one attached hydrogen (secondary N) is 4. The van der Waals surface area contributed by atoms with Crippen LogP contribution < -0.4 is 10.6 Å². The van der Waals surface area contributed by atoms with Gasteiger partial charge < -0.3 is 39.7 Å². The van der Waals surface area contributed by atoms with Gasteiger partial charge in [-0.3, -0.25) is 4.79 Å². The Labute approximate surface area is 326 Å². The molecule has 0 unspecified atom stereocenters. The molecule has 10 rings (SSSR count). The molecular formula is C43H39F2N7O5. The number of H-pyrrole nitrogens is 2. The number of alkyl carbamates (subject to hydrolysis) is 1. The Bertz CT molecular complexity index is 2530. The zero-order chi connectivity index (χ0) is 38.9. The van der Waals surface area contributed by atoms with Crippen molar-refractivity contribution in [2.45, 2.75) is 49.1 Å². The first-order valence-corrected chi connectivity index (χ1v) is 19.1. The van der Waals surface area contributed by atoms with E-state index in [1.807, 2.05) is 36.4 Å². The van der Waals surface area contributed by atoms with E-state index in [9.17, 15) is 9.59 Å². The summed E-state index contributed by atoms with van der Waals surface area (Å²) in [5.41, 5.74) is 5.55. The van der Waals surface area contributed by atoms with E-state index in [0.29, 0.717) is 70.0 Å². The van der Waals surface area contributed by atoms with Gasteiger partial charge in [0.25, 0.3) is 11.8 Å². The molecule has 6 aromatic rings. The topological polar surface area (TPSA) is 146 Å². The molecule has 3 aliphatic heterocycles. The molecular weight excluding hydrogens is 733 g/mol. The summed E-state index contributed by atoms with van der Waals surface area (Å²) in [5, 5.41) is 6.11. The monoisotopic (exact) mass is 771 g/mol. The van der Waals surface area contributed by atoms with Crippen LogP contribution in [0.3, 0.4) is 0 Å². The van der Waals surface area contributed by atoms with Gasteiger partial charge in [-0.1, -0.05) is 60.7 Å². The van der Waals surface area contributed by atoms with Crippen LogP contribution in [0.25, 0.3) is 44.5 Å². The lowest BCUT2D eigenvalue weighted by Gasteiger charge is -2.28. The van der Waals surface area contributed by atoms with Crippen LogP contribution in [0.2, 0.25) is 0 Å². The van der Waals surface area contributed by atoms with E-state index in [4.69, 9.17) is 19.2 Å². The molecule has 14 heteroatoms. The summed E-state index contributed by atoms with van der Waals surface area (Å²) in [4.78, 5) is 44.6. The molecule has 5 heterocycles. The van der Waals surface area contributed by atoms with Crippen molar-refractivity contribution in [1.29, 1.82) is 0 Å². The SMILES string of the molecule is COC(=O)N[C@@H](C(=O)N1CC2(C[C@H]1c1nc3ccc(-c4ccc5c(c4)C(F)(F)c4cc(-c6cnc([C@@H]7CCCN7)[nH]6)ccc4-5)cc3[nH]1)OCCO2)c1ccccc1. The number of ether oxygens (including phenoxy) is 3. The van der Waals surface area contributed by atoms with Gasteiger partial charge in [-0.05, 0) is 71.5 Å². The fraction of sp³-hybridized carbons (Fsp3) is 0.302. The number of hydrogen-bond acceptors (Lipinski definition) is 8. The van der Waals surface area contributed by atoms with Crippen LogP contribution in [0.1, 0.15) is 65.7 Å². The van der Waals surface area contributed by atoms with Gasteiger partial charge in [-0.15, -0.1) is 0 Å². The largest absolute Gasteiger partial charge is 0.453 e. The summed E-state index contributed by atoms with van der Waals surface area (Å²) in [7, 11) is 1.24. The second-order valence-electron chi connectivity index (χ2n) is 15.1. The summed E-state index contributed by atoms with van der Waals surface area (Å²) in [5.74, 6) is -3.29. The van der Waals surface area contributed by atoms with E-state index in [2.05, 4.69) is 25.6 Å². The molecule has 0 radical (unpaired) electrons. The minimum absolute atomic E-state index is 0.0316. The van der Waals surface area contributed by atoms with Crippen molar-refractivity contribution in [3.05, 3.63) is 119 Å². The normalized spacial score (nSPS) is 20.9. The van der Waals surface area contributed by atoms with Gasteiger partial charge in [0.05, 0.1) is 61.9 Å². The van der Waals surface area contributed by atoms with Crippen molar-refractivity contribution < 1.29 is 32.6 Å². The number of aromatic nitrogens is 4. The number of carbonyl (C=O) groups is 2. The zero-order valence-corrected chi connectivity index (χ0v) is 31.0. The van der Waals surface area contributed by atoms with Gasteiger partial charge in [0.2, 0.25) is 0 Å². The van der Waals surface area contributed by atoms with Crippen LogP contribution >= 0.6 is 0 Å². The van der Waals surface area contributed by atoms with Crippen molar-refractivity contribution in [2.24, 2.45) is 0 Å². The first-order valence-electron chi connectivity index (χ1n) is 19.1. The first-order chi connectivity index (χ1) is 27.7. The second kappa shape index (κ2) is 13.6. The highest BCUT2D eigenvalue weighted by Gasteiger charge is 2.53. The fourth-order valence-corrected chi connectivity index (χ4v) is 8.81. The number of methoxy groups -OCH3 is 1. The van der Waals surface area contributed by atoms with Crippen molar-refractivity contribution >= 4 is 23.0 Å². The highest BCUT2D eigenvalue weighted by atomic mass is 19.3.